The summed E-state index contributed by atoms with van der Waals surface area (Å²) in [7, 11) is 1.52. The lowest BCUT2D eigenvalue weighted by molar-refractivity contribution is 0.0945. The highest BCUT2D eigenvalue weighted by molar-refractivity contribution is 6.00. The van der Waals surface area contributed by atoms with Crippen LogP contribution in [-0.4, -0.2) is 28.0 Å². The zero-order valence-corrected chi connectivity index (χ0v) is 22.0. The number of rotatable bonds is 10. The first-order valence-electron chi connectivity index (χ1n) is 12.3. The molecule has 2 aromatic heterocycles. The van der Waals surface area contributed by atoms with Crippen molar-refractivity contribution < 1.29 is 9.53 Å². The molecule has 1 amide bonds. The number of nitrogens with one attached hydrogen (secondary N) is 3. The van der Waals surface area contributed by atoms with Gasteiger partial charge in [-0.25, -0.2) is 4.98 Å². The minimum absolute atomic E-state index is 0.0580. The Morgan fingerprint density at radius 3 is 2.55 bits per heavy atom. The van der Waals surface area contributed by atoms with Gasteiger partial charge in [0.1, 0.15) is 11.4 Å². The molecule has 0 fully saturated rings. The Morgan fingerprint density at radius 1 is 1.05 bits per heavy atom. The SMILES string of the molecule is COCc1nc(Nc2ccc(C#N)cc2)nc(Nc2ccc(C=CC#N)cc2C)c1C(=O)NCc1ccccn1. The van der Waals surface area contributed by atoms with Gasteiger partial charge in [-0.05, 0) is 72.7 Å². The first kappa shape index (κ1) is 27.5. The first-order chi connectivity index (χ1) is 19.5. The van der Waals surface area contributed by atoms with Gasteiger partial charge in [0.2, 0.25) is 5.95 Å². The lowest BCUT2D eigenvalue weighted by Crippen LogP contribution is -2.27. The summed E-state index contributed by atoms with van der Waals surface area (Å²) in [6.07, 6.45) is 4.79. The third-order valence-corrected chi connectivity index (χ3v) is 5.77. The molecule has 2 heterocycles. The van der Waals surface area contributed by atoms with Gasteiger partial charge >= 0.3 is 0 Å². The molecular weight excluding hydrogens is 504 g/mol. The highest BCUT2D eigenvalue weighted by Gasteiger charge is 2.22. The van der Waals surface area contributed by atoms with E-state index in [0.29, 0.717) is 22.6 Å². The summed E-state index contributed by atoms with van der Waals surface area (Å²) < 4.78 is 5.39. The van der Waals surface area contributed by atoms with Crippen LogP contribution in [0.5, 0.6) is 0 Å². The van der Waals surface area contributed by atoms with Gasteiger partial charge in [-0.3, -0.25) is 9.78 Å². The molecule has 2 aromatic carbocycles. The molecule has 0 saturated carbocycles. The van der Waals surface area contributed by atoms with Crippen LogP contribution < -0.4 is 16.0 Å². The van der Waals surface area contributed by atoms with Gasteiger partial charge in [0.05, 0.1) is 42.2 Å². The number of nitriles is 2. The van der Waals surface area contributed by atoms with E-state index in [4.69, 9.17) is 15.3 Å². The second-order valence-electron chi connectivity index (χ2n) is 8.63. The number of nitrogens with zero attached hydrogens (tertiary/aromatic N) is 5. The van der Waals surface area contributed by atoms with Crippen LogP contribution >= 0.6 is 0 Å². The Morgan fingerprint density at radius 2 is 1.88 bits per heavy atom. The van der Waals surface area contributed by atoms with Gasteiger partial charge in [-0.15, -0.1) is 0 Å². The van der Waals surface area contributed by atoms with Crippen LogP contribution in [0.15, 0.2) is 72.9 Å². The third-order valence-electron chi connectivity index (χ3n) is 5.77. The Balaban J connectivity index is 1.73. The summed E-state index contributed by atoms with van der Waals surface area (Å²) in [5.74, 6) is 0.128. The minimum atomic E-state index is -0.392. The molecule has 10 nitrogen and oxygen atoms in total. The molecule has 0 aliphatic heterocycles. The average molecular weight is 531 g/mol. The molecule has 4 rings (SSSR count). The van der Waals surface area contributed by atoms with E-state index < -0.39 is 5.91 Å². The van der Waals surface area contributed by atoms with Crippen molar-refractivity contribution in [3.63, 3.8) is 0 Å². The van der Waals surface area contributed by atoms with Crippen LogP contribution in [-0.2, 0) is 17.9 Å². The second kappa shape index (κ2) is 13.3. The number of amides is 1. The highest BCUT2D eigenvalue weighted by atomic mass is 16.5. The lowest BCUT2D eigenvalue weighted by Gasteiger charge is -2.18. The van der Waals surface area contributed by atoms with Crippen LogP contribution in [0.4, 0.5) is 23.1 Å². The molecule has 0 unspecified atom stereocenters. The Hall–Kier alpha value is -5.58. The Labute approximate surface area is 232 Å². The van der Waals surface area contributed by atoms with E-state index in [9.17, 15) is 4.79 Å². The summed E-state index contributed by atoms with van der Waals surface area (Å²) in [6.45, 7) is 2.19. The number of anilines is 4. The van der Waals surface area contributed by atoms with Crippen molar-refractivity contribution in [3.8, 4) is 12.1 Å². The van der Waals surface area contributed by atoms with E-state index in [1.165, 1.54) is 13.2 Å². The number of allylic oxidation sites excluding steroid dienone is 1. The normalized spacial score (nSPS) is 10.5. The predicted molar refractivity (Wildman–Crippen MR) is 152 cm³/mol. The van der Waals surface area contributed by atoms with Crippen LogP contribution in [0, 0.1) is 29.6 Å². The smallest absolute Gasteiger partial charge is 0.257 e. The molecule has 0 radical (unpaired) electrons. The fourth-order valence-electron chi connectivity index (χ4n) is 3.84. The summed E-state index contributed by atoms with van der Waals surface area (Å²) in [5.41, 5.74) is 4.98. The zero-order chi connectivity index (χ0) is 28.3. The van der Waals surface area contributed by atoms with Gasteiger partial charge in [-0.1, -0.05) is 12.1 Å². The summed E-state index contributed by atoms with van der Waals surface area (Å²) in [4.78, 5) is 27.0. The molecular formula is C30H26N8O2. The number of methoxy groups -OCH3 is 1. The van der Waals surface area contributed by atoms with E-state index in [1.807, 2.05) is 43.3 Å². The summed E-state index contributed by atoms with van der Waals surface area (Å²) in [5, 5.41) is 27.3. The molecule has 4 aromatic rings. The Kier molecular flexibility index (Phi) is 9.12. The third kappa shape index (κ3) is 7.04. The molecule has 0 aliphatic carbocycles. The van der Waals surface area contributed by atoms with Crippen molar-refractivity contribution in [3.05, 3.63) is 107 Å². The van der Waals surface area contributed by atoms with Gasteiger partial charge in [0.25, 0.3) is 5.91 Å². The second-order valence-corrected chi connectivity index (χ2v) is 8.63. The molecule has 0 aliphatic rings. The molecule has 10 heteroatoms. The topological polar surface area (TPSA) is 149 Å². The number of aromatic nitrogens is 3. The van der Waals surface area contributed by atoms with E-state index in [2.05, 4.69) is 37.0 Å². The van der Waals surface area contributed by atoms with E-state index in [-0.39, 0.29) is 30.5 Å². The summed E-state index contributed by atoms with van der Waals surface area (Å²) >= 11 is 0. The number of aryl methyl sites for hydroxylation is 1. The van der Waals surface area contributed by atoms with E-state index >= 15 is 0 Å². The maximum atomic E-state index is 13.5. The van der Waals surface area contributed by atoms with Crippen LogP contribution in [0.25, 0.3) is 6.08 Å². The molecule has 0 bridgehead atoms. The highest BCUT2D eigenvalue weighted by Crippen LogP contribution is 2.28. The number of carbonyl (C=O) groups is 1. The van der Waals surface area contributed by atoms with Crippen LogP contribution in [0.3, 0.4) is 0 Å². The number of pyridine rings is 1. The van der Waals surface area contributed by atoms with Gasteiger partial charge in [-0.2, -0.15) is 15.5 Å². The van der Waals surface area contributed by atoms with E-state index in [1.54, 1.807) is 42.6 Å². The quantitative estimate of drug-likeness (QED) is 0.237. The fraction of sp³-hybridized carbons (Fsp3) is 0.133. The first-order valence-corrected chi connectivity index (χ1v) is 12.3. The van der Waals surface area contributed by atoms with Crippen molar-refractivity contribution in [2.45, 2.75) is 20.1 Å². The number of hydrogen-bond acceptors (Lipinski definition) is 9. The van der Waals surface area contributed by atoms with Crippen molar-refractivity contribution in [1.29, 1.82) is 10.5 Å². The number of ether oxygens (including phenoxy) is 1. The van der Waals surface area contributed by atoms with Crippen LogP contribution in [0.1, 0.15) is 38.4 Å². The zero-order valence-electron chi connectivity index (χ0n) is 22.0. The monoisotopic (exact) mass is 530 g/mol. The average Bonchev–Trinajstić information content (AvgIpc) is 2.97. The predicted octanol–water partition coefficient (Wildman–Crippen LogP) is 5.15. The fourth-order valence-corrected chi connectivity index (χ4v) is 3.84. The van der Waals surface area contributed by atoms with E-state index in [0.717, 1.165) is 16.8 Å². The molecule has 198 valence electrons. The lowest BCUT2D eigenvalue weighted by atomic mass is 10.1. The molecule has 3 N–H and O–H groups in total. The summed E-state index contributed by atoms with van der Waals surface area (Å²) in [6, 6.07) is 22.0. The largest absolute Gasteiger partial charge is 0.378 e. The number of benzene rings is 2. The van der Waals surface area contributed by atoms with Gasteiger partial charge < -0.3 is 20.7 Å². The molecule has 40 heavy (non-hydrogen) atoms. The molecule has 0 spiro atoms. The maximum absolute atomic E-state index is 13.5. The minimum Gasteiger partial charge on any atom is -0.378 e. The maximum Gasteiger partial charge on any atom is 0.257 e. The number of hydrogen-bond donors (Lipinski definition) is 3. The standard InChI is InChI=1S/C30H26N8O2/c1-20-16-21(6-5-14-31)10-13-25(20)36-28-27(29(39)34-18-24-7-3-4-15-33-24)26(19-40-2)37-30(38-28)35-23-11-8-22(17-32)9-12-23/h3-13,15-16H,18-19H2,1-2H3,(H,34,39)(H2,35,36,37,38). The number of carbonyl (C=O) groups excluding carboxylic acids is 1. The molecule has 0 atom stereocenters. The van der Waals surface area contributed by atoms with Crippen molar-refractivity contribution >= 4 is 35.1 Å². The van der Waals surface area contributed by atoms with Gasteiger partial charge in [0, 0.05) is 30.8 Å². The molecule has 0 saturated heterocycles. The van der Waals surface area contributed by atoms with Gasteiger partial charge in [0.15, 0.2) is 0 Å². The van der Waals surface area contributed by atoms with Crippen molar-refractivity contribution in [2.24, 2.45) is 0 Å². The Bertz CT molecular complexity index is 1600. The van der Waals surface area contributed by atoms with Crippen LogP contribution in [0.2, 0.25) is 0 Å². The van der Waals surface area contributed by atoms with Crippen molar-refractivity contribution in [1.82, 2.24) is 20.3 Å². The van der Waals surface area contributed by atoms with Crippen molar-refractivity contribution in [2.75, 3.05) is 17.7 Å².